The van der Waals surface area contributed by atoms with Gasteiger partial charge in [-0.3, -0.25) is 4.79 Å². The van der Waals surface area contributed by atoms with E-state index in [-0.39, 0.29) is 11.4 Å². The Kier molecular flexibility index (Phi) is 4.78. The van der Waals surface area contributed by atoms with E-state index in [9.17, 15) is 4.79 Å². The Balaban J connectivity index is 2.28. The summed E-state index contributed by atoms with van der Waals surface area (Å²) >= 11 is 0. The molecule has 94 valence electrons. The molecule has 1 rings (SSSR count). The highest BCUT2D eigenvalue weighted by molar-refractivity contribution is 5.76. The van der Waals surface area contributed by atoms with Gasteiger partial charge in [0.2, 0.25) is 5.91 Å². The molecule has 2 N–H and O–H groups in total. The number of hydrogen-bond donors (Lipinski definition) is 1. The Morgan fingerprint density at radius 1 is 1.38 bits per heavy atom. The first-order chi connectivity index (χ1) is 7.42. The average Bonchev–Trinajstić information content (AvgIpc) is 2.25. The van der Waals surface area contributed by atoms with Crippen molar-refractivity contribution in [1.29, 1.82) is 0 Å². The first-order valence-corrected chi connectivity index (χ1v) is 6.49. The number of likely N-dealkylation sites (tertiary alicyclic amines) is 1. The number of carbonyl (C=O) groups excluding carboxylic acids is 1. The molecule has 0 saturated carbocycles. The maximum absolute atomic E-state index is 11.9. The molecule has 0 aromatic rings. The molecule has 0 radical (unpaired) electrons. The SMILES string of the molecule is CCC1CCN(C(=O)CCC(C)(C)N)CC1. The van der Waals surface area contributed by atoms with E-state index in [4.69, 9.17) is 5.73 Å². The molecule has 1 amide bonds. The van der Waals surface area contributed by atoms with Crippen molar-refractivity contribution in [2.45, 2.75) is 58.4 Å². The van der Waals surface area contributed by atoms with E-state index in [0.717, 1.165) is 25.4 Å². The van der Waals surface area contributed by atoms with Crippen molar-refractivity contribution in [3.63, 3.8) is 0 Å². The van der Waals surface area contributed by atoms with E-state index in [1.165, 1.54) is 19.3 Å². The second-order valence-corrected chi connectivity index (χ2v) is 5.72. The van der Waals surface area contributed by atoms with Crippen LogP contribution >= 0.6 is 0 Å². The molecule has 1 aliphatic heterocycles. The number of rotatable bonds is 4. The van der Waals surface area contributed by atoms with Crippen molar-refractivity contribution in [2.24, 2.45) is 11.7 Å². The van der Waals surface area contributed by atoms with Crippen molar-refractivity contribution >= 4 is 5.91 Å². The molecule has 0 spiro atoms. The molecule has 1 saturated heterocycles. The van der Waals surface area contributed by atoms with E-state index in [2.05, 4.69) is 6.92 Å². The number of nitrogens with zero attached hydrogens (tertiary/aromatic N) is 1. The number of piperidine rings is 1. The molecule has 0 aromatic carbocycles. The molecule has 1 heterocycles. The lowest BCUT2D eigenvalue weighted by Crippen LogP contribution is -2.40. The highest BCUT2D eigenvalue weighted by atomic mass is 16.2. The quantitative estimate of drug-likeness (QED) is 0.798. The predicted molar refractivity (Wildman–Crippen MR) is 67.1 cm³/mol. The molecule has 3 nitrogen and oxygen atoms in total. The third kappa shape index (κ3) is 4.52. The molecule has 0 aromatic heterocycles. The zero-order valence-corrected chi connectivity index (χ0v) is 11.0. The van der Waals surface area contributed by atoms with E-state index < -0.39 is 0 Å². The minimum Gasteiger partial charge on any atom is -0.343 e. The second-order valence-electron chi connectivity index (χ2n) is 5.72. The van der Waals surface area contributed by atoms with Gasteiger partial charge in [-0.25, -0.2) is 0 Å². The summed E-state index contributed by atoms with van der Waals surface area (Å²) in [5, 5.41) is 0. The molecule has 3 heteroatoms. The topological polar surface area (TPSA) is 46.3 Å². The molecular formula is C13H26N2O. The zero-order chi connectivity index (χ0) is 12.2. The summed E-state index contributed by atoms with van der Waals surface area (Å²) in [6.45, 7) is 8.08. The Morgan fingerprint density at radius 3 is 2.38 bits per heavy atom. The third-order valence-electron chi connectivity index (χ3n) is 3.53. The monoisotopic (exact) mass is 226 g/mol. The van der Waals surface area contributed by atoms with Crippen molar-refractivity contribution in [3.05, 3.63) is 0 Å². The van der Waals surface area contributed by atoms with E-state index in [1.54, 1.807) is 0 Å². The minimum atomic E-state index is -0.225. The molecule has 0 aliphatic carbocycles. The lowest BCUT2D eigenvalue weighted by atomic mass is 9.93. The fourth-order valence-electron chi connectivity index (χ4n) is 2.18. The maximum atomic E-state index is 11.9. The number of nitrogens with two attached hydrogens (primary N) is 1. The average molecular weight is 226 g/mol. The van der Waals surface area contributed by atoms with E-state index >= 15 is 0 Å². The van der Waals surface area contributed by atoms with Crippen molar-refractivity contribution < 1.29 is 4.79 Å². The van der Waals surface area contributed by atoms with Crippen LogP contribution in [0.1, 0.15) is 52.9 Å². The first kappa shape index (κ1) is 13.5. The Bertz CT molecular complexity index is 225. The number of carbonyl (C=O) groups is 1. The van der Waals surface area contributed by atoms with E-state index in [1.807, 2.05) is 18.7 Å². The van der Waals surface area contributed by atoms with Crippen LogP contribution in [-0.2, 0) is 4.79 Å². The summed E-state index contributed by atoms with van der Waals surface area (Å²) in [4.78, 5) is 13.9. The highest BCUT2D eigenvalue weighted by Gasteiger charge is 2.22. The summed E-state index contributed by atoms with van der Waals surface area (Å²) in [5.74, 6) is 1.11. The van der Waals surface area contributed by atoms with Crippen LogP contribution in [0.3, 0.4) is 0 Å². The van der Waals surface area contributed by atoms with Crippen LogP contribution in [0.2, 0.25) is 0 Å². The van der Waals surface area contributed by atoms with Gasteiger partial charge < -0.3 is 10.6 Å². The smallest absolute Gasteiger partial charge is 0.222 e. The van der Waals surface area contributed by atoms with Crippen LogP contribution in [0.5, 0.6) is 0 Å². The van der Waals surface area contributed by atoms with Gasteiger partial charge in [-0.2, -0.15) is 0 Å². The summed E-state index contributed by atoms with van der Waals surface area (Å²) in [7, 11) is 0. The van der Waals surface area contributed by atoms with Crippen molar-refractivity contribution in [3.8, 4) is 0 Å². The van der Waals surface area contributed by atoms with Crippen LogP contribution < -0.4 is 5.73 Å². The summed E-state index contributed by atoms with van der Waals surface area (Å²) < 4.78 is 0. The molecule has 0 unspecified atom stereocenters. The Hall–Kier alpha value is -0.570. The van der Waals surface area contributed by atoms with Gasteiger partial charge in [0.05, 0.1) is 0 Å². The van der Waals surface area contributed by atoms with Crippen LogP contribution in [0.15, 0.2) is 0 Å². The summed E-state index contributed by atoms with van der Waals surface area (Å²) in [6.07, 6.45) is 4.97. The van der Waals surface area contributed by atoms with Gasteiger partial charge in [0.1, 0.15) is 0 Å². The molecule has 0 atom stereocenters. The van der Waals surface area contributed by atoms with Gasteiger partial charge in [0.15, 0.2) is 0 Å². The predicted octanol–water partition coefficient (Wildman–Crippen LogP) is 2.15. The number of amides is 1. The van der Waals surface area contributed by atoms with Crippen molar-refractivity contribution in [1.82, 2.24) is 4.90 Å². The fraction of sp³-hybridized carbons (Fsp3) is 0.923. The van der Waals surface area contributed by atoms with Crippen molar-refractivity contribution in [2.75, 3.05) is 13.1 Å². The minimum absolute atomic E-state index is 0.225. The molecule has 1 fully saturated rings. The largest absolute Gasteiger partial charge is 0.343 e. The lowest BCUT2D eigenvalue weighted by molar-refractivity contribution is -0.132. The first-order valence-electron chi connectivity index (χ1n) is 6.49. The molecule has 1 aliphatic rings. The second kappa shape index (κ2) is 5.67. The summed E-state index contributed by atoms with van der Waals surface area (Å²) in [5.41, 5.74) is 5.66. The zero-order valence-electron chi connectivity index (χ0n) is 11.0. The van der Waals surface area contributed by atoms with Crippen LogP contribution in [-0.4, -0.2) is 29.4 Å². The van der Waals surface area contributed by atoms with Gasteiger partial charge in [0, 0.05) is 25.0 Å². The highest BCUT2D eigenvalue weighted by Crippen LogP contribution is 2.21. The van der Waals surface area contributed by atoms with Crippen LogP contribution in [0, 0.1) is 5.92 Å². The van der Waals surface area contributed by atoms with Gasteiger partial charge in [-0.1, -0.05) is 13.3 Å². The van der Waals surface area contributed by atoms with Crippen LogP contribution in [0.25, 0.3) is 0 Å². The maximum Gasteiger partial charge on any atom is 0.222 e. The third-order valence-corrected chi connectivity index (χ3v) is 3.53. The molecular weight excluding hydrogens is 200 g/mol. The van der Waals surface area contributed by atoms with Crippen LogP contribution in [0.4, 0.5) is 0 Å². The molecule has 16 heavy (non-hydrogen) atoms. The summed E-state index contributed by atoms with van der Waals surface area (Å²) in [6, 6.07) is 0. The number of hydrogen-bond acceptors (Lipinski definition) is 2. The van der Waals surface area contributed by atoms with Gasteiger partial charge >= 0.3 is 0 Å². The van der Waals surface area contributed by atoms with Gasteiger partial charge in [0.25, 0.3) is 0 Å². The van der Waals surface area contributed by atoms with Gasteiger partial charge in [-0.15, -0.1) is 0 Å². The lowest BCUT2D eigenvalue weighted by Gasteiger charge is -2.32. The van der Waals surface area contributed by atoms with Gasteiger partial charge in [-0.05, 0) is 39.0 Å². The fourth-order valence-corrected chi connectivity index (χ4v) is 2.18. The Morgan fingerprint density at radius 2 is 1.94 bits per heavy atom. The van der Waals surface area contributed by atoms with E-state index in [0.29, 0.717) is 6.42 Å². The normalized spacial score (nSPS) is 18.9. The Labute approximate surface area is 99.4 Å². The standard InChI is InChI=1S/C13H26N2O/c1-4-11-6-9-15(10-7-11)12(16)5-8-13(2,3)14/h11H,4-10,14H2,1-3H3. The molecule has 0 bridgehead atoms.